The van der Waals surface area contributed by atoms with Gasteiger partial charge in [0.05, 0.1) is 5.56 Å². The van der Waals surface area contributed by atoms with Crippen molar-refractivity contribution < 1.29 is 0 Å². The largest absolute Gasteiger partial charge is 0.362 e. The predicted octanol–water partition coefficient (Wildman–Crippen LogP) is 1.75. The Morgan fingerprint density at radius 3 is 2.83 bits per heavy atom. The van der Waals surface area contributed by atoms with E-state index in [9.17, 15) is 0 Å². The van der Waals surface area contributed by atoms with Gasteiger partial charge < -0.3 is 5.32 Å². The lowest BCUT2D eigenvalue weighted by atomic mass is 10.2. The first kappa shape index (κ1) is 14.5. The summed E-state index contributed by atoms with van der Waals surface area (Å²) in [6.45, 7) is 4.50. The molecule has 0 radical (unpaired) electrons. The minimum atomic E-state index is 0.190. The molecule has 0 bridgehead atoms. The minimum Gasteiger partial charge on any atom is -0.362 e. The Morgan fingerprint density at radius 1 is 1.67 bits per heavy atom. The van der Waals surface area contributed by atoms with E-state index in [0.717, 1.165) is 12.1 Å². The van der Waals surface area contributed by atoms with Crippen LogP contribution >= 0.6 is 23.8 Å². The number of nitriles is 1. The summed E-state index contributed by atoms with van der Waals surface area (Å²) >= 11 is 11.0. The first-order valence-corrected chi connectivity index (χ1v) is 6.13. The van der Waals surface area contributed by atoms with E-state index in [1.54, 1.807) is 18.1 Å². The molecule has 0 aliphatic carbocycles. The summed E-state index contributed by atoms with van der Waals surface area (Å²) in [6, 6.07) is 3.79. The molecule has 7 heteroatoms. The van der Waals surface area contributed by atoms with Crippen LogP contribution in [0.3, 0.4) is 0 Å². The molecule has 96 valence electrons. The number of hydrazine groups is 1. The number of halogens is 1. The van der Waals surface area contributed by atoms with Crippen molar-refractivity contribution >= 4 is 34.7 Å². The quantitative estimate of drug-likeness (QED) is 0.501. The average molecular weight is 284 g/mol. The molecular formula is C11H14ClN5S. The monoisotopic (exact) mass is 283 g/mol. The molecule has 1 aromatic rings. The number of rotatable bonds is 3. The third-order valence-corrected chi connectivity index (χ3v) is 2.73. The number of nitrogens with one attached hydrogen (secondary N) is 2. The van der Waals surface area contributed by atoms with Gasteiger partial charge >= 0.3 is 0 Å². The molecule has 18 heavy (non-hydrogen) atoms. The van der Waals surface area contributed by atoms with Crippen molar-refractivity contribution in [3.05, 3.63) is 22.3 Å². The maximum Gasteiger partial charge on any atom is 0.185 e. The third-order valence-electron chi connectivity index (χ3n) is 2.22. The highest BCUT2D eigenvalue weighted by Gasteiger charge is 2.11. The highest BCUT2D eigenvalue weighted by atomic mass is 35.5. The number of thiocarbonyl (C=S) groups is 1. The maximum absolute atomic E-state index is 8.91. The van der Waals surface area contributed by atoms with Gasteiger partial charge in [-0.15, -0.1) is 0 Å². The Labute approximate surface area is 117 Å². The van der Waals surface area contributed by atoms with Gasteiger partial charge in [0, 0.05) is 13.6 Å². The average Bonchev–Trinajstić information content (AvgIpc) is 2.28. The second-order valence-corrected chi connectivity index (χ2v) is 4.37. The Bertz CT molecular complexity index is 474. The molecule has 0 amide bonds. The Kier molecular flexibility index (Phi) is 5.13. The van der Waals surface area contributed by atoms with Crippen LogP contribution < -0.4 is 15.8 Å². The summed E-state index contributed by atoms with van der Waals surface area (Å²) in [7, 11) is 1.77. The fourth-order valence-corrected chi connectivity index (χ4v) is 1.89. The van der Waals surface area contributed by atoms with Crippen LogP contribution in [-0.4, -0.2) is 23.7 Å². The molecule has 0 saturated carbocycles. The first-order chi connectivity index (χ1) is 8.49. The summed E-state index contributed by atoms with van der Waals surface area (Å²) in [6.07, 6.45) is 0. The second-order valence-electron chi connectivity index (χ2n) is 3.61. The van der Waals surface area contributed by atoms with Gasteiger partial charge in [-0.3, -0.25) is 10.4 Å². The predicted molar refractivity (Wildman–Crippen MR) is 76.5 cm³/mol. The van der Waals surface area contributed by atoms with Crippen LogP contribution in [0.5, 0.6) is 0 Å². The highest BCUT2D eigenvalue weighted by molar-refractivity contribution is 7.80. The van der Waals surface area contributed by atoms with Gasteiger partial charge in [0.15, 0.2) is 5.11 Å². The van der Waals surface area contributed by atoms with Gasteiger partial charge in [0.2, 0.25) is 0 Å². The fourth-order valence-electron chi connectivity index (χ4n) is 1.33. The highest BCUT2D eigenvalue weighted by Crippen LogP contribution is 2.21. The third kappa shape index (κ3) is 3.45. The van der Waals surface area contributed by atoms with Crippen molar-refractivity contribution in [2.45, 2.75) is 13.8 Å². The fraction of sp³-hybridized carbons (Fsp3) is 0.364. The molecule has 0 unspecified atom stereocenters. The summed E-state index contributed by atoms with van der Waals surface area (Å²) in [4.78, 5) is 4.14. The molecule has 0 saturated heterocycles. The van der Waals surface area contributed by atoms with Crippen molar-refractivity contribution in [2.24, 2.45) is 0 Å². The van der Waals surface area contributed by atoms with Gasteiger partial charge in [-0.25, -0.2) is 4.98 Å². The summed E-state index contributed by atoms with van der Waals surface area (Å²) in [5.41, 5.74) is 4.10. The number of hydrogen-bond donors (Lipinski definition) is 2. The van der Waals surface area contributed by atoms with Crippen LogP contribution in [-0.2, 0) is 0 Å². The molecule has 0 aromatic carbocycles. The molecule has 0 spiro atoms. The van der Waals surface area contributed by atoms with Crippen LogP contribution in [0.1, 0.15) is 18.1 Å². The molecule has 0 atom stereocenters. The van der Waals surface area contributed by atoms with Gasteiger partial charge in [-0.1, -0.05) is 11.6 Å². The standard InChI is InChI=1S/C11H14ClN5S/c1-4-14-11(18)16-17(3)9-5-7(2)8(6-13)10(12)15-9/h5H,4H2,1-3H3,(H2,14,16,18). The van der Waals surface area contributed by atoms with Gasteiger partial charge in [0.25, 0.3) is 0 Å². The number of pyridine rings is 1. The van der Waals surface area contributed by atoms with E-state index in [-0.39, 0.29) is 5.15 Å². The second kappa shape index (κ2) is 6.38. The van der Waals surface area contributed by atoms with Crippen molar-refractivity contribution in [3.8, 4) is 6.07 Å². The molecule has 1 rings (SSSR count). The molecular weight excluding hydrogens is 270 g/mol. The lowest BCUT2D eigenvalue weighted by Gasteiger charge is -2.21. The van der Waals surface area contributed by atoms with E-state index in [2.05, 4.69) is 15.7 Å². The molecule has 5 nitrogen and oxygen atoms in total. The lowest BCUT2D eigenvalue weighted by Crippen LogP contribution is -2.45. The van der Waals surface area contributed by atoms with Crippen molar-refractivity contribution in [2.75, 3.05) is 18.6 Å². The maximum atomic E-state index is 8.91. The number of aryl methyl sites for hydroxylation is 1. The lowest BCUT2D eigenvalue weighted by molar-refractivity contribution is 0.818. The number of nitrogens with zero attached hydrogens (tertiary/aromatic N) is 3. The zero-order chi connectivity index (χ0) is 13.7. The number of aromatic nitrogens is 1. The normalized spacial score (nSPS) is 9.50. The van der Waals surface area contributed by atoms with E-state index in [1.165, 1.54) is 0 Å². The Hall–Kier alpha value is -1.58. The molecule has 0 aliphatic rings. The smallest absolute Gasteiger partial charge is 0.185 e. The molecule has 0 fully saturated rings. The van der Waals surface area contributed by atoms with Gasteiger partial charge in [-0.05, 0) is 37.7 Å². The molecule has 0 aliphatic heterocycles. The van der Waals surface area contributed by atoms with Crippen LogP contribution in [0, 0.1) is 18.3 Å². The molecule has 1 heterocycles. The summed E-state index contributed by atoms with van der Waals surface area (Å²) < 4.78 is 0. The van der Waals surface area contributed by atoms with Crippen molar-refractivity contribution in [1.82, 2.24) is 15.7 Å². The van der Waals surface area contributed by atoms with E-state index < -0.39 is 0 Å². The molecule has 1 aromatic heterocycles. The molecule has 2 N–H and O–H groups in total. The number of hydrogen-bond acceptors (Lipinski definition) is 4. The van der Waals surface area contributed by atoms with Crippen molar-refractivity contribution in [3.63, 3.8) is 0 Å². The number of anilines is 1. The topological polar surface area (TPSA) is 64.0 Å². The van der Waals surface area contributed by atoms with E-state index >= 15 is 0 Å². The van der Waals surface area contributed by atoms with Crippen molar-refractivity contribution in [1.29, 1.82) is 5.26 Å². The van der Waals surface area contributed by atoms with Crippen LogP contribution in [0.2, 0.25) is 5.15 Å². The van der Waals surface area contributed by atoms with Gasteiger partial charge in [-0.2, -0.15) is 5.26 Å². The summed E-state index contributed by atoms with van der Waals surface area (Å²) in [5.74, 6) is 0.594. The van der Waals surface area contributed by atoms with E-state index in [1.807, 2.05) is 19.9 Å². The van der Waals surface area contributed by atoms with E-state index in [0.29, 0.717) is 16.5 Å². The first-order valence-electron chi connectivity index (χ1n) is 5.35. The van der Waals surface area contributed by atoms with Crippen LogP contribution in [0.25, 0.3) is 0 Å². The Morgan fingerprint density at radius 2 is 2.33 bits per heavy atom. The summed E-state index contributed by atoms with van der Waals surface area (Å²) in [5, 5.41) is 14.2. The van der Waals surface area contributed by atoms with Crippen LogP contribution in [0.15, 0.2) is 6.07 Å². The Balaban J connectivity index is 2.91. The minimum absolute atomic E-state index is 0.190. The zero-order valence-electron chi connectivity index (χ0n) is 10.4. The van der Waals surface area contributed by atoms with Gasteiger partial charge in [0.1, 0.15) is 17.0 Å². The van der Waals surface area contributed by atoms with Crippen LogP contribution in [0.4, 0.5) is 5.82 Å². The van der Waals surface area contributed by atoms with E-state index in [4.69, 9.17) is 29.1 Å². The SMILES string of the molecule is CCNC(=S)NN(C)c1cc(C)c(C#N)c(Cl)n1. The zero-order valence-corrected chi connectivity index (χ0v) is 12.0.